The first-order valence-corrected chi connectivity index (χ1v) is 7.82. The van der Waals surface area contributed by atoms with E-state index >= 15 is 0 Å². The first kappa shape index (κ1) is 15.5. The molecule has 1 aliphatic rings. The van der Waals surface area contributed by atoms with E-state index in [1.807, 2.05) is 13.0 Å². The second-order valence-electron chi connectivity index (χ2n) is 6.11. The Hall–Kier alpha value is -2.44. The van der Waals surface area contributed by atoms with Gasteiger partial charge in [0.05, 0.1) is 6.54 Å². The summed E-state index contributed by atoms with van der Waals surface area (Å²) >= 11 is 0. The summed E-state index contributed by atoms with van der Waals surface area (Å²) in [6.07, 6.45) is 6.27. The molecule has 0 saturated heterocycles. The minimum Gasteiger partial charge on any atom is -0.427 e. The Bertz CT molecular complexity index is 747. The Morgan fingerprint density at radius 2 is 2.30 bits per heavy atom. The van der Waals surface area contributed by atoms with Crippen LogP contribution in [0.25, 0.3) is 0 Å². The van der Waals surface area contributed by atoms with Crippen molar-refractivity contribution in [2.24, 2.45) is 0 Å². The summed E-state index contributed by atoms with van der Waals surface area (Å²) in [6, 6.07) is 1.64. The first-order valence-electron chi connectivity index (χ1n) is 7.82. The van der Waals surface area contributed by atoms with Gasteiger partial charge in [-0.3, -0.25) is 9.48 Å². The lowest BCUT2D eigenvalue weighted by Gasteiger charge is -2.24. The van der Waals surface area contributed by atoms with Crippen LogP contribution >= 0.6 is 0 Å². The molecule has 1 unspecified atom stereocenters. The maximum Gasteiger partial charge on any atom is 0.349 e. The number of hydrogen-bond acceptors (Lipinski definition) is 5. The molecule has 1 N–H and O–H groups in total. The molecule has 7 nitrogen and oxygen atoms in total. The van der Waals surface area contributed by atoms with Gasteiger partial charge in [-0.1, -0.05) is 6.42 Å². The molecule has 2 aromatic rings. The number of nitrogens with one attached hydrogen (secondary N) is 1. The van der Waals surface area contributed by atoms with Gasteiger partial charge in [0.25, 0.3) is 5.91 Å². The number of amides is 1. The molecule has 0 aliphatic heterocycles. The Morgan fingerprint density at radius 1 is 1.52 bits per heavy atom. The highest BCUT2D eigenvalue weighted by Gasteiger charge is 2.25. The molecule has 0 bridgehead atoms. The van der Waals surface area contributed by atoms with E-state index in [-0.39, 0.29) is 11.6 Å². The summed E-state index contributed by atoms with van der Waals surface area (Å²) in [5, 5.41) is 6.80. The third-order valence-corrected chi connectivity index (χ3v) is 4.21. The summed E-state index contributed by atoms with van der Waals surface area (Å²) in [5.74, 6) is 0.611. The number of carbonyl (C=O) groups is 1. The molecule has 0 radical (unpaired) electrons. The van der Waals surface area contributed by atoms with Crippen molar-refractivity contribution in [1.82, 2.24) is 20.1 Å². The topological polar surface area (TPSA) is 90.0 Å². The highest BCUT2D eigenvalue weighted by atomic mass is 16.4. The molecule has 2 aromatic heterocycles. The van der Waals surface area contributed by atoms with Gasteiger partial charge in [-0.2, -0.15) is 5.10 Å². The molecule has 122 valence electrons. The van der Waals surface area contributed by atoms with E-state index < -0.39 is 11.5 Å². The van der Waals surface area contributed by atoms with Crippen LogP contribution in [0.15, 0.2) is 27.9 Å². The zero-order valence-corrected chi connectivity index (χ0v) is 13.3. The largest absolute Gasteiger partial charge is 0.427 e. The van der Waals surface area contributed by atoms with Crippen molar-refractivity contribution >= 4 is 5.91 Å². The average Bonchev–Trinajstić information content (AvgIpc) is 2.88. The number of carbonyl (C=O) groups excluding carboxylic acids is 1. The maximum absolute atomic E-state index is 12.4. The number of rotatable bonds is 5. The second-order valence-corrected chi connectivity index (χ2v) is 6.11. The highest BCUT2D eigenvalue weighted by Crippen LogP contribution is 2.36. The monoisotopic (exact) mass is 316 g/mol. The van der Waals surface area contributed by atoms with Crippen molar-refractivity contribution in [3.05, 3.63) is 46.0 Å². The lowest BCUT2D eigenvalue weighted by Crippen LogP contribution is -2.38. The highest BCUT2D eigenvalue weighted by molar-refractivity contribution is 5.95. The Kier molecular flexibility index (Phi) is 4.27. The molecule has 23 heavy (non-hydrogen) atoms. The number of aryl methyl sites for hydroxylation is 1. The molecule has 1 atom stereocenters. The standard InChI is InChI=1S/C16H20N4O3/c1-10-6-13(12-4-3-5-12)23-16(22)14(10)15(21)19-11(2)7-20-9-17-8-18-20/h6,8-9,11-12H,3-5,7H2,1-2H3,(H,19,21). The maximum atomic E-state index is 12.4. The molecule has 3 rings (SSSR count). The van der Waals surface area contributed by atoms with Crippen molar-refractivity contribution in [1.29, 1.82) is 0 Å². The number of nitrogens with zero attached hydrogens (tertiary/aromatic N) is 3. The lowest BCUT2D eigenvalue weighted by atomic mass is 9.83. The van der Waals surface area contributed by atoms with Gasteiger partial charge in [-0.25, -0.2) is 9.78 Å². The summed E-state index contributed by atoms with van der Waals surface area (Å²) in [4.78, 5) is 28.4. The molecule has 7 heteroatoms. The van der Waals surface area contributed by atoms with Crippen molar-refractivity contribution in [3.63, 3.8) is 0 Å². The molecular weight excluding hydrogens is 296 g/mol. The van der Waals surface area contributed by atoms with Crippen molar-refractivity contribution < 1.29 is 9.21 Å². The summed E-state index contributed by atoms with van der Waals surface area (Å²) in [7, 11) is 0. The molecule has 1 fully saturated rings. The fourth-order valence-electron chi connectivity index (χ4n) is 2.75. The van der Waals surface area contributed by atoms with E-state index in [0.29, 0.717) is 23.8 Å². The Balaban J connectivity index is 1.72. The van der Waals surface area contributed by atoms with Crippen LogP contribution in [-0.2, 0) is 6.54 Å². The second kappa shape index (κ2) is 6.36. The summed E-state index contributed by atoms with van der Waals surface area (Å²) < 4.78 is 6.98. The zero-order valence-electron chi connectivity index (χ0n) is 13.3. The molecular formula is C16H20N4O3. The van der Waals surface area contributed by atoms with Gasteiger partial charge in [0.1, 0.15) is 24.0 Å². The van der Waals surface area contributed by atoms with E-state index in [0.717, 1.165) is 19.3 Å². The minimum atomic E-state index is -0.558. The molecule has 1 aliphatic carbocycles. The van der Waals surface area contributed by atoms with E-state index in [9.17, 15) is 9.59 Å². The lowest BCUT2D eigenvalue weighted by molar-refractivity contribution is 0.0930. The fraction of sp³-hybridized carbons (Fsp3) is 0.500. The smallest absolute Gasteiger partial charge is 0.349 e. The van der Waals surface area contributed by atoms with Crippen LogP contribution < -0.4 is 10.9 Å². The van der Waals surface area contributed by atoms with E-state index in [1.54, 1.807) is 17.9 Å². The van der Waals surface area contributed by atoms with E-state index in [1.165, 1.54) is 6.33 Å². The molecule has 0 spiro atoms. The van der Waals surface area contributed by atoms with Crippen LogP contribution in [0.1, 0.15) is 53.8 Å². The van der Waals surface area contributed by atoms with Crippen molar-refractivity contribution in [3.8, 4) is 0 Å². The fourth-order valence-corrected chi connectivity index (χ4v) is 2.75. The van der Waals surface area contributed by atoms with Gasteiger partial charge < -0.3 is 9.73 Å². The van der Waals surface area contributed by atoms with Crippen molar-refractivity contribution in [2.45, 2.75) is 51.6 Å². The van der Waals surface area contributed by atoms with Crippen LogP contribution in [-0.4, -0.2) is 26.7 Å². The van der Waals surface area contributed by atoms with Gasteiger partial charge in [-0.05, 0) is 38.3 Å². The van der Waals surface area contributed by atoms with Crippen molar-refractivity contribution in [2.75, 3.05) is 0 Å². The zero-order chi connectivity index (χ0) is 16.4. The van der Waals surface area contributed by atoms with E-state index in [4.69, 9.17) is 4.42 Å². The van der Waals surface area contributed by atoms with Gasteiger partial charge in [0.15, 0.2) is 0 Å². The molecule has 0 aromatic carbocycles. The van der Waals surface area contributed by atoms with Gasteiger partial charge >= 0.3 is 5.63 Å². The molecule has 2 heterocycles. The summed E-state index contributed by atoms with van der Waals surface area (Å²) in [6.45, 7) is 4.10. The predicted molar refractivity (Wildman–Crippen MR) is 83.3 cm³/mol. The van der Waals surface area contributed by atoms with Crippen LogP contribution in [0.5, 0.6) is 0 Å². The van der Waals surface area contributed by atoms with Crippen LogP contribution in [0, 0.1) is 6.92 Å². The quantitative estimate of drug-likeness (QED) is 0.905. The normalized spacial score (nSPS) is 15.9. The minimum absolute atomic E-state index is 0.0820. The molecule has 1 amide bonds. The number of aromatic nitrogens is 3. The van der Waals surface area contributed by atoms with Crippen LogP contribution in [0.2, 0.25) is 0 Å². The first-order chi connectivity index (χ1) is 11.0. The number of hydrogen-bond donors (Lipinski definition) is 1. The van der Waals surface area contributed by atoms with Gasteiger partial charge in [0, 0.05) is 12.0 Å². The van der Waals surface area contributed by atoms with E-state index in [2.05, 4.69) is 15.4 Å². The van der Waals surface area contributed by atoms with Gasteiger partial charge in [-0.15, -0.1) is 0 Å². The predicted octanol–water partition coefficient (Wildman–Crippen LogP) is 1.63. The third kappa shape index (κ3) is 3.33. The summed E-state index contributed by atoms with van der Waals surface area (Å²) in [5.41, 5.74) is 0.185. The van der Waals surface area contributed by atoms with Crippen LogP contribution in [0.3, 0.4) is 0 Å². The van der Waals surface area contributed by atoms with Gasteiger partial charge in [0.2, 0.25) is 0 Å². The SMILES string of the molecule is Cc1cc(C2CCC2)oc(=O)c1C(=O)NC(C)Cn1cncn1. The Labute approximate surface area is 133 Å². The van der Waals surface area contributed by atoms with Crippen LogP contribution in [0.4, 0.5) is 0 Å². The average molecular weight is 316 g/mol. The Morgan fingerprint density at radius 3 is 2.87 bits per heavy atom. The molecule has 1 saturated carbocycles. The third-order valence-electron chi connectivity index (χ3n) is 4.21.